The third-order valence-corrected chi connectivity index (χ3v) is 3.98. The van der Waals surface area contributed by atoms with Gasteiger partial charge in [0, 0.05) is 11.1 Å². The molecule has 0 amide bonds. The van der Waals surface area contributed by atoms with Crippen LogP contribution in [0.2, 0.25) is 0 Å². The van der Waals surface area contributed by atoms with Gasteiger partial charge in [-0.15, -0.1) is 0 Å². The molecule has 28 heavy (non-hydrogen) atoms. The Morgan fingerprint density at radius 2 is 1.93 bits per heavy atom. The van der Waals surface area contributed by atoms with Crippen LogP contribution in [0.5, 0.6) is 0 Å². The third-order valence-electron chi connectivity index (χ3n) is 3.98. The van der Waals surface area contributed by atoms with E-state index in [4.69, 9.17) is 16.7 Å². The van der Waals surface area contributed by atoms with Gasteiger partial charge in [-0.3, -0.25) is 5.32 Å². The normalized spacial score (nSPS) is 15.5. The first kappa shape index (κ1) is 18.7. The quantitative estimate of drug-likeness (QED) is 0.331. The Bertz CT molecular complexity index is 1080. The van der Waals surface area contributed by atoms with E-state index in [1.54, 1.807) is 12.3 Å². The molecular formula is C16H10F4N8. The van der Waals surface area contributed by atoms with E-state index < -0.39 is 23.6 Å². The van der Waals surface area contributed by atoms with Crippen LogP contribution >= 0.6 is 0 Å². The number of nitriles is 2. The summed E-state index contributed by atoms with van der Waals surface area (Å²) in [6, 6.07) is 2.43. The van der Waals surface area contributed by atoms with Gasteiger partial charge in [0.1, 0.15) is 35.1 Å². The van der Waals surface area contributed by atoms with Crippen molar-refractivity contribution >= 4 is 23.3 Å². The van der Waals surface area contributed by atoms with Crippen molar-refractivity contribution in [2.45, 2.75) is 12.2 Å². The number of hydrogen-bond donors (Lipinski definition) is 4. The molecule has 1 atom stereocenters. The fraction of sp³-hybridized carbons (Fsp3) is 0.125. The van der Waals surface area contributed by atoms with E-state index >= 15 is 0 Å². The van der Waals surface area contributed by atoms with Crippen molar-refractivity contribution in [1.29, 1.82) is 10.5 Å². The van der Waals surface area contributed by atoms with Gasteiger partial charge in [-0.25, -0.2) is 14.4 Å². The molecule has 12 heteroatoms. The van der Waals surface area contributed by atoms with Crippen LogP contribution in [0.4, 0.5) is 34.9 Å². The fourth-order valence-electron chi connectivity index (χ4n) is 2.73. The number of guanidine groups is 1. The second-order valence-electron chi connectivity index (χ2n) is 5.64. The van der Waals surface area contributed by atoms with Crippen molar-refractivity contribution in [3.63, 3.8) is 0 Å². The molecule has 3 rings (SSSR count). The van der Waals surface area contributed by atoms with E-state index in [-0.39, 0.29) is 40.0 Å². The second-order valence-corrected chi connectivity index (χ2v) is 5.64. The number of nitrogens with one attached hydrogen (secondary N) is 2. The molecule has 1 aromatic heterocycles. The van der Waals surface area contributed by atoms with Crippen molar-refractivity contribution < 1.29 is 17.6 Å². The summed E-state index contributed by atoms with van der Waals surface area (Å²) in [4.78, 5) is 8.05. The lowest BCUT2D eigenvalue weighted by molar-refractivity contribution is -0.137. The lowest BCUT2D eigenvalue weighted by Gasteiger charge is -2.26. The molecule has 1 aliphatic heterocycles. The van der Waals surface area contributed by atoms with Crippen LogP contribution in [0.1, 0.15) is 28.3 Å². The maximum absolute atomic E-state index is 14.5. The van der Waals surface area contributed by atoms with Crippen molar-refractivity contribution in [3.8, 4) is 12.3 Å². The summed E-state index contributed by atoms with van der Waals surface area (Å²) < 4.78 is 53.0. The fourth-order valence-corrected chi connectivity index (χ4v) is 2.73. The van der Waals surface area contributed by atoms with Gasteiger partial charge < -0.3 is 16.8 Å². The highest BCUT2D eigenvalue weighted by molar-refractivity contribution is 5.98. The summed E-state index contributed by atoms with van der Waals surface area (Å²) in [6.45, 7) is 0. The largest absolute Gasteiger partial charge is 0.416 e. The summed E-state index contributed by atoms with van der Waals surface area (Å²) in [5.41, 5.74) is 9.94. The topological polar surface area (TPSA) is 149 Å². The number of rotatable bonds is 1. The SMILES string of the molecule is N#CNC1=NC(c2ccc(C(F)(F)F)cc2F)c2c(nc(N)c(C#N)c2N)N1. The molecular weight excluding hydrogens is 380 g/mol. The number of aliphatic imine (C=N–C) groups is 1. The Hall–Kier alpha value is -4.06. The molecule has 2 aromatic rings. The Morgan fingerprint density at radius 3 is 2.50 bits per heavy atom. The molecule has 0 bridgehead atoms. The zero-order valence-corrected chi connectivity index (χ0v) is 13.8. The molecule has 0 spiro atoms. The van der Waals surface area contributed by atoms with E-state index in [2.05, 4.69) is 20.6 Å². The minimum absolute atomic E-state index is 0.00829. The van der Waals surface area contributed by atoms with E-state index in [1.807, 2.05) is 0 Å². The van der Waals surface area contributed by atoms with Crippen LogP contribution < -0.4 is 22.1 Å². The number of nitrogens with two attached hydrogens (primary N) is 2. The number of fused-ring (bicyclic) bond motifs is 1. The zero-order valence-electron chi connectivity index (χ0n) is 13.8. The Labute approximate surface area is 155 Å². The predicted octanol–water partition coefficient (Wildman–Crippen LogP) is 2.22. The highest BCUT2D eigenvalue weighted by Crippen LogP contribution is 2.42. The number of nitrogens with zero attached hydrogens (tertiary/aromatic N) is 4. The molecule has 1 unspecified atom stereocenters. The van der Waals surface area contributed by atoms with Crippen LogP contribution in [0, 0.1) is 28.6 Å². The zero-order chi connectivity index (χ0) is 20.6. The Kier molecular flexibility index (Phi) is 4.41. The van der Waals surface area contributed by atoms with Gasteiger partial charge in [0.25, 0.3) is 0 Å². The van der Waals surface area contributed by atoms with Crippen LogP contribution in [0.3, 0.4) is 0 Å². The van der Waals surface area contributed by atoms with Gasteiger partial charge in [-0.05, 0) is 12.1 Å². The lowest BCUT2D eigenvalue weighted by Crippen LogP contribution is -2.33. The van der Waals surface area contributed by atoms with Gasteiger partial charge in [-0.1, -0.05) is 6.07 Å². The first-order valence-electron chi connectivity index (χ1n) is 7.52. The molecule has 6 N–H and O–H groups in total. The molecule has 0 fully saturated rings. The number of anilines is 3. The summed E-state index contributed by atoms with van der Waals surface area (Å²) in [6.07, 6.45) is -3.12. The minimum atomic E-state index is -4.73. The van der Waals surface area contributed by atoms with Crippen LogP contribution in [-0.2, 0) is 6.18 Å². The highest BCUT2D eigenvalue weighted by atomic mass is 19.4. The van der Waals surface area contributed by atoms with Gasteiger partial charge >= 0.3 is 6.18 Å². The average molecular weight is 390 g/mol. The molecule has 1 aliphatic rings. The van der Waals surface area contributed by atoms with Gasteiger partial charge in [0.15, 0.2) is 6.19 Å². The number of aromatic nitrogens is 1. The predicted molar refractivity (Wildman–Crippen MR) is 90.8 cm³/mol. The minimum Gasteiger partial charge on any atom is -0.397 e. The number of pyridine rings is 1. The van der Waals surface area contributed by atoms with E-state index in [0.717, 1.165) is 6.07 Å². The van der Waals surface area contributed by atoms with Crippen molar-refractivity contribution in [2.24, 2.45) is 4.99 Å². The second kappa shape index (κ2) is 6.59. The van der Waals surface area contributed by atoms with E-state index in [0.29, 0.717) is 12.1 Å². The summed E-state index contributed by atoms with van der Waals surface area (Å²) in [5, 5.41) is 22.8. The lowest BCUT2D eigenvalue weighted by atomic mass is 9.94. The van der Waals surface area contributed by atoms with Gasteiger partial charge in [0.2, 0.25) is 5.96 Å². The molecule has 1 aromatic carbocycles. The number of halogens is 4. The van der Waals surface area contributed by atoms with Crippen molar-refractivity contribution in [3.05, 3.63) is 46.3 Å². The Morgan fingerprint density at radius 1 is 1.21 bits per heavy atom. The number of nitrogen functional groups attached to an aromatic ring is 2. The third kappa shape index (κ3) is 3.07. The van der Waals surface area contributed by atoms with Gasteiger partial charge in [0.05, 0.1) is 11.3 Å². The van der Waals surface area contributed by atoms with Crippen LogP contribution in [-0.4, -0.2) is 10.9 Å². The molecule has 142 valence electrons. The first-order valence-corrected chi connectivity index (χ1v) is 7.52. The monoisotopic (exact) mass is 390 g/mol. The maximum atomic E-state index is 14.5. The molecule has 0 radical (unpaired) electrons. The molecule has 2 heterocycles. The summed E-state index contributed by atoms with van der Waals surface area (Å²) >= 11 is 0. The van der Waals surface area contributed by atoms with Crippen molar-refractivity contribution in [1.82, 2.24) is 10.3 Å². The molecule has 0 saturated heterocycles. The van der Waals surface area contributed by atoms with Crippen LogP contribution in [0.25, 0.3) is 0 Å². The standard InChI is InChI=1S/C16H10F4N8/c17-9-3-6(16(18,19)20)1-2-7(9)12-10-11(23)8(4-21)13(24)27-14(10)28-15(26-12)25-5-22/h1-3,12H,(H6,23,24,25,26,27,28). The number of alkyl halides is 3. The van der Waals surface area contributed by atoms with Gasteiger partial charge in [-0.2, -0.15) is 23.7 Å². The molecule has 8 nitrogen and oxygen atoms in total. The average Bonchev–Trinajstić information content (AvgIpc) is 2.60. The number of hydrogen-bond acceptors (Lipinski definition) is 8. The van der Waals surface area contributed by atoms with E-state index in [9.17, 15) is 22.8 Å². The first-order chi connectivity index (χ1) is 13.2. The van der Waals surface area contributed by atoms with Crippen LogP contribution in [0.15, 0.2) is 23.2 Å². The van der Waals surface area contributed by atoms with E-state index in [1.165, 1.54) is 0 Å². The smallest absolute Gasteiger partial charge is 0.397 e. The highest BCUT2D eigenvalue weighted by Gasteiger charge is 2.34. The number of benzene rings is 1. The van der Waals surface area contributed by atoms with Crippen molar-refractivity contribution in [2.75, 3.05) is 16.8 Å². The maximum Gasteiger partial charge on any atom is 0.416 e. The summed E-state index contributed by atoms with van der Waals surface area (Å²) in [7, 11) is 0. The molecule has 0 saturated carbocycles. The summed E-state index contributed by atoms with van der Waals surface area (Å²) in [5.74, 6) is -1.56. The molecule has 0 aliphatic carbocycles. The Balaban J connectivity index is 2.24.